The molecule has 2 aromatic carbocycles. The normalized spacial score (nSPS) is 12.7. The summed E-state index contributed by atoms with van der Waals surface area (Å²) in [5.41, 5.74) is 3.98. The number of carbonyl (C=O) groups excluding carboxylic acids is 1. The number of carbonyl (C=O) groups is 1. The predicted molar refractivity (Wildman–Crippen MR) is 88.5 cm³/mol. The van der Waals surface area contributed by atoms with Gasteiger partial charge < -0.3 is 9.42 Å². The van der Waals surface area contributed by atoms with Crippen molar-refractivity contribution in [2.24, 2.45) is 0 Å². The second-order valence-electron chi connectivity index (χ2n) is 5.62. The number of hydrogen-bond acceptors (Lipinski definition) is 4. The molecule has 0 saturated carbocycles. The lowest BCUT2D eigenvalue weighted by Gasteiger charge is -2.17. The highest BCUT2D eigenvalue weighted by molar-refractivity contribution is 6.07. The maximum Gasteiger partial charge on any atom is 0.258 e. The van der Waals surface area contributed by atoms with Gasteiger partial charge in [0, 0.05) is 29.4 Å². The van der Waals surface area contributed by atoms with Crippen LogP contribution in [0, 0.1) is 11.3 Å². The summed E-state index contributed by atoms with van der Waals surface area (Å²) in [6, 6.07) is 16.6. The lowest BCUT2D eigenvalue weighted by Crippen LogP contribution is -2.28. The molecule has 1 aliphatic rings. The monoisotopic (exact) mass is 315 g/mol. The Morgan fingerprint density at radius 3 is 2.92 bits per heavy atom. The quantitative estimate of drug-likeness (QED) is 0.726. The van der Waals surface area contributed by atoms with E-state index in [0.29, 0.717) is 23.4 Å². The van der Waals surface area contributed by atoms with Crippen LogP contribution in [0.15, 0.2) is 59.3 Å². The first-order valence-corrected chi connectivity index (χ1v) is 7.62. The number of aromatic nitrogens is 1. The fourth-order valence-corrected chi connectivity index (χ4v) is 3.01. The summed E-state index contributed by atoms with van der Waals surface area (Å²) in [4.78, 5) is 14.5. The van der Waals surface area contributed by atoms with Gasteiger partial charge in [-0.1, -0.05) is 11.2 Å². The van der Waals surface area contributed by atoms with E-state index in [4.69, 9.17) is 9.78 Å². The molecule has 0 bridgehead atoms. The molecule has 0 N–H and O–H groups in total. The molecule has 1 aromatic heterocycles. The van der Waals surface area contributed by atoms with Crippen molar-refractivity contribution in [3.8, 4) is 17.4 Å². The number of anilines is 1. The fourth-order valence-electron chi connectivity index (χ4n) is 3.01. The Kier molecular flexibility index (Phi) is 3.36. The predicted octanol–water partition coefficient (Wildman–Crippen LogP) is 3.42. The summed E-state index contributed by atoms with van der Waals surface area (Å²) in [6.07, 6.45) is 2.40. The van der Waals surface area contributed by atoms with Gasteiger partial charge in [0.2, 0.25) is 0 Å². The molecule has 0 fully saturated rings. The van der Waals surface area contributed by atoms with Crippen molar-refractivity contribution in [1.29, 1.82) is 5.26 Å². The van der Waals surface area contributed by atoms with E-state index in [1.54, 1.807) is 35.4 Å². The van der Waals surface area contributed by atoms with Gasteiger partial charge in [-0.05, 0) is 48.4 Å². The minimum atomic E-state index is -0.0849. The first-order valence-electron chi connectivity index (χ1n) is 7.62. The third kappa shape index (κ3) is 2.34. The molecule has 24 heavy (non-hydrogen) atoms. The lowest BCUT2D eigenvalue weighted by atomic mass is 10.1. The van der Waals surface area contributed by atoms with Crippen LogP contribution < -0.4 is 4.90 Å². The molecule has 0 atom stereocenters. The van der Waals surface area contributed by atoms with Crippen molar-refractivity contribution in [3.05, 3.63) is 71.4 Å². The molecule has 1 aliphatic heterocycles. The smallest absolute Gasteiger partial charge is 0.258 e. The van der Waals surface area contributed by atoms with E-state index in [9.17, 15) is 4.79 Å². The Morgan fingerprint density at radius 1 is 1.21 bits per heavy atom. The molecule has 0 unspecified atom stereocenters. The molecular formula is C19H13N3O2. The van der Waals surface area contributed by atoms with Crippen molar-refractivity contribution in [2.75, 3.05) is 11.4 Å². The zero-order valence-corrected chi connectivity index (χ0v) is 12.8. The van der Waals surface area contributed by atoms with Crippen molar-refractivity contribution in [1.82, 2.24) is 5.16 Å². The summed E-state index contributed by atoms with van der Waals surface area (Å²) in [6.45, 7) is 0.630. The zero-order valence-electron chi connectivity index (χ0n) is 12.8. The van der Waals surface area contributed by atoms with E-state index in [-0.39, 0.29) is 5.91 Å². The molecule has 0 spiro atoms. The number of benzene rings is 2. The van der Waals surface area contributed by atoms with Crippen molar-refractivity contribution >= 4 is 11.6 Å². The van der Waals surface area contributed by atoms with Crippen LogP contribution in [0.1, 0.15) is 21.5 Å². The summed E-state index contributed by atoms with van der Waals surface area (Å²) in [5, 5.41) is 12.7. The molecule has 4 rings (SSSR count). The van der Waals surface area contributed by atoms with Crippen molar-refractivity contribution < 1.29 is 9.32 Å². The molecule has 5 heteroatoms. The second-order valence-corrected chi connectivity index (χ2v) is 5.62. The lowest BCUT2D eigenvalue weighted by molar-refractivity contribution is 0.0989. The van der Waals surface area contributed by atoms with Crippen LogP contribution in [-0.4, -0.2) is 17.6 Å². The molecule has 1 amide bonds. The standard InChI is InChI=1S/C19H13N3O2/c20-12-13-2-1-3-16(10-13)19(23)22-9-7-14-11-15(4-5-17(14)22)18-6-8-21-24-18/h1-6,8,10-11H,7,9H2. The molecule has 0 radical (unpaired) electrons. The maximum atomic E-state index is 12.8. The summed E-state index contributed by atoms with van der Waals surface area (Å²) in [7, 11) is 0. The Balaban J connectivity index is 1.66. The third-order valence-electron chi connectivity index (χ3n) is 4.18. The SMILES string of the molecule is N#Cc1cccc(C(=O)N2CCc3cc(-c4ccno4)ccc32)c1. The average molecular weight is 315 g/mol. The number of hydrogen-bond donors (Lipinski definition) is 0. The van der Waals surface area contributed by atoms with Crippen LogP contribution in [0.3, 0.4) is 0 Å². The van der Waals surface area contributed by atoms with Gasteiger partial charge >= 0.3 is 0 Å². The van der Waals surface area contributed by atoms with Crippen LogP contribution in [0.25, 0.3) is 11.3 Å². The van der Waals surface area contributed by atoms with E-state index in [1.807, 2.05) is 24.3 Å². The Labute approximate surface area is 138 Å². The van der Waals surface area contributed by atoms with E-state index in [1.165, 1.54) is 0 Å². The number of fused-ring (bicyclic) bond motifs is 1. The van der Waals surface area contributed by atoms with Gasteiger partial charge in [-0.2, -0.15) is 5.26 Å². The molecule has 0 saturated heterocycles. The van der Waals surface area contributed by atoms with Crippen LogP contribution >= 0.6 is 0 Å². The molecule has 116 valence electrons. The molecular weight excluding hydrogens is 302 g/mol. The molecule has 2 heterocycles. The summed E-state index contributed by atoms with van der Waals surface area (Å²) >= 11 is 0. The summed E-state index contributed by atoms with van der Waals surface area (Å²) < 4.78 is 5.19. The Morgan fingerprint density at radius 2 is 2.12 bits per heavy atom. The van der Waals surface area contributed by atoms with Gasteiger partial charge in [0.05, 0.1) is 17.8 Å². The van der Waals surface area contributed by atoms with E-state index >= 15 is 0 Å². The Hall–Kier alpha value is -3.39. The zero-order chi connectivity index (χ0) is 16.5. The van der Waals surface area contributed by atoms with Crippen LogP contribution in [-0.2, 0) is 6.42 Å². The van der Waals surface area contributed by atoms with Gasteiger partial charge in [0.1, 0.15) is 0 Å². The highest BCUT2D eigenvalue weighted by Crippen LogP contribution is 2.33. The molecule has 3 aromatic rings. The van der Waals surface area contributed by atoms with Gasteiger partial charge in [0.25, 0.3) is 5.91 Å². The Bertz CT molecular complexity index is 955. The van der Waals surface area contributed by atoms with Gasteiger partial charge in [0.15, 0.2) is 5.76 Å². The van der Waals surface area contributed by atoms with Crippen LogP contribution in [0.4, 0.5) is 5.69 Å². The minimum absolute atomic E-state index is 0.0849. The minimum Gasteiger partial charge on any atom is -0.356 e. The first-order chi connectivity index (χ1) is 11.8. The third-order valence-corrected chi connectivity index (χ3v) is 4.18. The van der Waals surface area contributed by atoms with Crippen LogP contribution in [0.2, 0.25) is 0 Å². The molecule has 5 nitrogen and oxygen atoms in total. The highest BCUT2D eigenvalue weighted by Gasteiger charge is 2.26. The van der Waals surface area contributed by atoms with Crippen molar-refractivity contribution in [2.45, 2.75) is 6.42 Å². The number of nitrogens with zero attached hydrogens (tertiary/aromatic N) is 3. The van der Waals surface area contributed by atoms with Gasteiger partial charge in [-0.15, -0.1) is 0 Å². The van der Waals surface area contributed by atoms with Crippen molar-refractivity contribution in [3.63, 3.8) is 0 Å². The number of amides is 1. The van der Waals surface area contributed by atoms with E-state index < -0.39 is 0 Å². The van der Waals surface area contributed by atoms with Gasteiger partial charge in [-0.3, -0.25) is 4.79 Å². The average Bonchev–Trinajstić information content (AvgIpc) is 3.30. The van der Waals surface area contributed by atoms with Gasteiger partial charge in [-0.25, -0.2) is 0 Å². The summed E-state index contributed by atoms with van der Waals surface area (Å²) in [5.74, 6) is 0.627. The topological polar surface area (TPSA) is 70.1 Å². The highest BCUT2D eigenvalue weighted by atomic mass is 16.5. The maximum absolute atomic E-state index is 12.8. The number of nitriles is 1. The molecule has 0 aliphatic carbocycles. The number of rotatable bonds is 2. The largest absolute Gasteiger partial charge is 0.356 e. The van der Waals surface area contributed by atoms with E-state index in [2.05, 4.69) is 11.2 Å². The first kappa shape index (κ1) is 14.2. The second kappa shape index (κ2) is 5.67. The van der Waals surface area contributed by atoms with Crippen LogP contribution in [0.5, 0.6) is 0 Å². The fraction of sp³-hybridized carbons (Fsp3) is 0.105. The van der Waals surface area contributed by atoms with E-state index in [0.717, 1.165) is 23.2 Å².